The molecule has 0 bridgehead atoms. The Bertz CT molecular complexity index is 783. The lowest BCUT2D eigenvalue weighted by Gasteiger charge is -2.38. The molecule has 1 aliphatic carbocycles. The molecule has 3 heterocycles. The van der Waals surface area contributed by atoms with Crippen molar-refractivity contribution < 1.29 is 13.9 Å². The van der Waals surface area contributed by atoms with E-state index in [-0.39, 0.29) is 17.6 Å². The normalized spacial score (nSPS) is 17.9. The molecule has 2 aromatic heterocycles. The van der Waals surface area contributed by atoms with Crippen molar-refractivity contribution in [2.45, 2.75) is 31.9 Å². The fraction of sp³-hybridized carbons (Fsp3) is 0.412. The van der Waals surface area contributed by atoms with Gasteiger partial charge < -0.3 is 18.6 Å². The summed E-state index contributed by atoms with van der Waals surface area (Å²) in [7, 11) is 0. The van der Waals surface area contributed by atoms with E-state index in [9.17, 15) is 9.59 Å². The quantitative estimate of drug-likeness (QED) is 0.865. The van der Waals surface area contributed by atoms with Crippen LogP contribution in [0.1, 0.15) is 35.1 Å². The molecule has 0 aromatic carbocycles. The SMILES string of the molecule is Cc1cc(OC2CN(C(=O)c3ccco3)C2)cc(=O)n1C1CC1. The van der Waals surface area contributed by atoms with Crippen LogP contribution >= 0.6 is 0 Å². The Morgan fingerprint density at radius 3 is 2.70 bits per heavy atom. The maximum Gasteiger partial charge on any atom is 0.289 e. The molecule has 1 saturated heterocycles. The molecular weight excluding hydrogens is 296 g/mol. The van der Waals surface area contributed by atoms with Crippen LogP contribution in [0.5, 0.6) is 5.75 Å². The molecule has 23 heavy (non-hydrogen) atoms. The van der Waals surface area contributed by atoms with Crippen LogP contribution < -0.4 is 10.3 Å². The summed E-state index contributed by atoms with van der Waals surface area (Å²) in [6.45, 7) is 2.94. The molecule has 4 rings (SSSR count). The number of carbonyl (C=O) groups excluding carboxylic acids is 1. The van der Waals surface area contributed by atoms with Crippen molar-refractivity contribution in [3.63, 3.8) is 0 Å². The third kappa shape index (κ3) is 2.65. The number of hydrogen-bond acceptors (Lipinski definition) is 4. The molecule has 120 valence electrons. The van der Waals surface area contributed by atoms with E-state index in [0.29, 0.717) is 30.6 Å². The van der Waals surface area contributed by atoms with Gasteiger partial charge in [-0.15, -0.1) is 0 Å². The second-order valence-corrected chi connectivity index (χ2v) is 6.20. The number of ether oxygens (including phenoxy) is 1. The minimum Gasteiger partial charge on any atom is -0.486 e. The van der Waals surface area contributed by atoms with Gasteiger partial charge in [-0.2, -0.15) is 0 Å². The fourth-order valence-electron chi connectivity index (χ4n) is 2.98. The van der Waals surface area contributed by atoms with Gasteiger partial charge in [0.25, 0.3) is 11.5 Å². The summed E-state index contributed by atoms with van der Waals surface area (Å²) in [6, 6.07) is 7.15. The van der Waals surface area contributed by atoms with E-state index in [4.69, 9.17) is 9.15 Å². The van der Waals surface area contributed by atoms with Crippen LogP contribution in [0.15, 0.2) is 39.7 Å². The van der Waals surface area contributed by atoms with Gasteiger partial charge in [-0.3, -0.25) is 9.59 Å². The number of likely N-dealkylation sites (tertiary alicyclic amines) is 1. The first-order valence-corrected chi connectivity index (χ1v) is 7.84. The molecule has 1 amide bonds. The number of amides is 1. The van der Waals surface area contributed by atoms with Crippen molar-refractivity contribution in [2.75, 3.05) is 13.1 Å². The van der Waals surface area contributed by atoms with Gasteiger partial charge in [-0.05, 0) is 38.0 Å². The van der Waals surface area contributed by atoms with Crippen molar-refractivity contribution in [1.29, 1.82) is 0 Å². The summed E-state index contributed by atoms with van der Waals surface area (Å²) in [5, 5.41) is 0. The predicted octanol–water partition coefficient (Wildman–Crippen LogP) is 1.99. The summed E-state index contributed by atoms with van der Waals surface area (Å²) in [4.78, 5) is 25.9. The Morgan fingerprint density at radius 2 is 2.09 bits per heavy atom. The molecule has 0 spiro atoms. The highest BCUT2D eigenvalue weighted by Gasteiger charge is 2.34. The third-order valence-electron chi connectivity index (χ3n) is 4.32. The number of pyridine rings is 1. The number of nitrogens with zero attached hydrogens (tertiary/aromatic N) is 2. The highest BCUT2D eigenvalue weighted by atomic mass is 16.5. The number of furan rings is 1. The van der Waals surface area contributed by atoms with Crippen molar-refractivity contribution >= 4 is 5.91 Å². The molecule has 0 atom stereocenters. The maximum atomic E-state index is 12.2. The van der Waals surface area contributed by atoms with Gasteiger partial charge in [0.1, 0.15) is 11.9 Å². The summed E-state index contributed by atoms with van der Waals surface area (Å²) in [6.07, 6.45) is 3.56. The zero-order valence-corrected chi connectivity index (χ0v) is 12.9. The molecule has 2 aliphatic rings. The van der Waals surface area contributed by atoms with Crippen LogP contribution in [-0.4, -0.2) is 34.6 Å². The van der Waals surface area contributed by atoms with E-state index in [0.717, 1.165) is 18.5 Å². The molecule has 2 fully saturated rings. The van der Waals surface area contributed by atoms with Gasteiger partial charge in [0.05, 0.1) is 19.4 Å². The Morgan fingerprint density at radius 1 is 1.30 bits per heavy atom. The van der Waals surface area contributed by atoms with Gasteiger partial charge in [-0.25, -0.2) is 0 Å². The van der Waals surface area contributed by atoms with Gasteiger partial charge >= 0.3 is 0 Å². The molecule has 1 aliphatic heterocycles. The van der Waals surface area contributed by atoms with Gasteiger partial charge in [-0.1, -0.05) is 0 Å². The number of rotatable bonds is 4. The molecule has 0 N–H and O–H groups in total. The smallest absolute Gasteiger partial charge is 0.289 e. The first-order valence-electron chi connectivity index (χ1n) is 7.84. The number of aryl methyl sites for hydroxylation is 1. The Kier molecular flexibility index (Phi) is 3.25. The summed E-state index contributed by atoms with van der Waals surface area (Å²) in [5.74, 6) is 0.793. The van der Waals surface area contributed by atoms with Gasteiger partial charge in [0.2, 0.25) is 0 Å². The molecule has 2 aromatic rings. The molecule has 0 radical (unpaired) electrons. The Balaban J connectivity index is 1.39. The second kappa shape index (κ2) is 5.30. The average molecular weight is 314 g/mol. The van der Waals surface area contributed by atoms with E-state index in [1.807, 2.05) is 17.6 Å². The molecule has 1 saturated carbocycles. The van der Waals surface area contributed by atoms with Crippen molar-refractivity contribution in [3.05, 3.63) is 52.3 Å². The first kappa shape index (κ1) is 14.1. The first-order chi connectivity index (χ1) is 11.1. The van der Waals surface area contributed by atoms with E-state index in [1.54, 1.807) is 23.1 Å². The number of hydrogen-bond donors (Lipinski definition) is 0. The summed E-state index contributed by atoms with van der Waals surface area (Å²) < 4.78 is 12.8. The topological polar surface area (TPSA) is 64.7 Å². The standard InChI is InChI=1S/C17H18N2O4/c1-11-7-13(8-16(20)19(11)12-4-5-12)23-14-9-18(10-14)17(21)15-3-2-6-22-15/h2-3,6-8,12,14H,4-5,9-10H2,1H3. The zero-order chi connectivity index (χ0) is 16.0. The molecule has 6 heteroatoms. The largest absolute Gasteiger partial charge is 0.486 e. The predicted molar refractivity (Wildman–Crippen MR) is 82.7 cm³/mol. The van der Waals surface area contributed by atoms with Crippen LogP contribution in [0.2, 0.25) is 0 Å². The lowest BCUT2D eigenvalue weighted by atomic mass is 10.1. The van der Waals surface area contributed by atoms with Crippen LogP contribution in [0.4, 0.5) is 0 Å². The minimum absolute atomic E-state index is 0.00894. The zero-order valence-electron chi connectivity index (χ0n) is 12.9. The molecule has 0 unspecified atom stereocenters. The molecular formula is C17H18N2O4. The minimum atomic E-state index is -0.129. The monoisotopic (exact) mass is 314 g/mol. The third-order valence-corrected chi connectivity index (χ3v) is 4.32. The number of carbonyl (C=O) groups is 1. The fourth-order valence-corrected chi connectivity index (χ4v) is 2.98. The van der Waals surface area contributed by atoms with E-state index in [1.165, 1.54) is 6.26 Å². The number of aromatic nitrogens is 1. The average Bonchev–Trinajstić information content (AvgIpc) is 3.13. The van der Waals surface area contributed by atoms with Crippen LogP contribution in [0, 0.1) is 6.92 Å². The van der Waals surface area contributed by atoms with Crippen molar-refractivity contribution in [1.82, 2.24) is 9.47 Å². The summed E-state index contributed by atoms with van der Waals surface area (Å²) in [5.41, 5.74) is 0.920. The highest BCUT2D eigenvalue weighted by Crippen LogP contribution is 2.35. The van der Waals surface area contributed by atoms with Crippen LogP contribution in [0.25, 0.3) is 0 Å². The Labute approximate surface area is 133 Å². The maximum absolute atomic E-state index is 12.2. The van der Waals surface area contributed by atoms with Crippen molar-refractivity contribution in [3.8, 4) is 5.75 Å². The van der Waals surface area contributed by atoms with Gasteiger partial charge in [0, 0.05) is 17.8 Å². The lowest BCUT2D eigenvalue weighted by Crippen LogP contribution is -2.56. The summed E-state index contributed by atoms with van der Waals surface area (Å²) >= 11 is 0. The highest BCUT2D eigenvalue weighted by molar-refractivity contribution is 5.92. The molecule has 6 nitrogen and oxygen atoms in total. The van der Waals surface area contributed by atoms with Gasteiger partial charge in [0.15, 0.2) is 5.76 Å². The van der Waals surface area contributed by atoms with E-state index in [2.05, 4.69) is 0 Å². The van der Waals surface area contributed by atoms with Crippen molar-refractivity contribution in [2.24, 2.45) is 0 Å². The Hall–Kier alpha value is -2.50. The second-order valence-electron chi connectivity index (χ2n) is 6.20. The lowest BCUT2D eigenvalue weighted by molar-refractivity contribution is 0.0154. The van der Waals surface area contributed by atoms with Crippen LogP contribution in [0.3, 0.4) is 0 Å². The van der Waals surface area contributed by atoms with E-state index < -0.39 is 0 Å². The van der Waals surface area contributed by atoms with Crippen LogP contribution in [-0.2, 0) is 0 Å². The van der Waals surface area contributed by atoms with E-state index >= 15 is 0 Å².